The molecule has 0 bridgehead atoms. The number of hydrogen-bond donors (Lipinski definition) is 1. The second-order valence-corrected chi connectivity index (χ2v) is 8.05. The molecule has 1 aromatic heterocycles. The van der Waals surface area contributed by atoms with Crippen LogP contribution in [0.4, 0.5) is 11.5 Å². The van der Waals surface area contributed by atoms with Gasteiger partial charge in [0.2, 0.25) is 5.91 Å². The number of aromatic nitrogens is 1. The first kappa shape index (κ1) is 20.3. The van der Waals surface area contributed by atoms with Gasteiger partial charge in [-0.25, -0.2) is 4.98 Å². The summed E-state index contributed by atoms with van der Waals surface area (Å²) >= 11 is 0. The van der Waals surface area contributed by atoms with Gasteiger partial charge < -0.3 is 15.1 Å². The average molecular weight is 408 g/mol. The summed E-state index contributed by atoms with van der Waals surface area (Å²) in [4.78, 5) is 35.6. The number of nitrogens with one attached hydrogen (secondary N) is 1. The summed E-state index contributed by atoms with van der Waals surface area (Å²) in [6, 6.07) is 13.4. The van der Waals surface area contributed by atoms with Crippen LogP contribution in [0.3, 0.4) is 0 Å². The van der Waals surface area contributed by atoms with E-state index in [9.17, 15) is 9.59 Å². The fourth-order valence-electron chi connectivity index (χ4n) is 4.18. The smallest absolute Gasteiger partial charge is 0.251 e. The highest BCUT2D eigenvalue weighted by molar-refractivity contribution is 5.99. The van der Waals surface area contributed by atoms with E-state index < -0.39 is 0 Å². The van der Waals surface area contributed by atoms with Crippen molar-refractivity contribution in [3.63, 3.8) is 0 Å². The highest BCUT2D eigenvalue weighted by Gasteiger charge is 2.23. The van der Waals surface area contributed by atoms with E-state index >= 15 is 0 Å². The lowest BCUT2D eigenvalue weighted by Crippen LogP contribution is -2.51. The zero-order valence-corrected chi connectivity index (χ0v) is 17.5. The number of anilines is 2. The third-order valence-electron chi connectivity index (χ3n) is 5.75. The van der Waals surface area contributed by atoms with E-state index in [1.54, 1.807) is 11.0 Å². The lowest BCUT2D eigenvalue weighted by Gasteiger charge is -2.36. The fourth-order valence-corrected chi connectivity index (χ4v) is 4.18. The van der Waals surface area contributed by atoms with Crippen LogP contribution in [0.1, 0.15) is 30.1 Å². The van der Waals surface area contributed by atoms with E-state index in [0.717, 1.165) is 57.2 Å². The van der Waals surface area contributed by atoms with Crippen molar-refractivity contribution in [3.8, 4) is 0 Å². The van der Waals surface area contributed by atoms with Gasteiger partial charge in [0, 0.05) is 69.2 Å². The Hall–Kier alpha value is -2.93. The summed E-state index contributed by atoms with van der Waals surface area (Å²) in [7, 11) is 0. The monoisotopic (exact) mass is 407 g/mol. The van der Waals surface area contributed by atoms with E-state index in [2.05, 4.69) is 20.1 Å². The van der Waals surface area contributed by atoms with Gasteiger partial charge in [-0.15, -0.1) is 0 Å². The molecular formula is C23H29N5O2. The van der Waals surface area contributed by atoms with Crippen molar-refractivity contribution in [1.82, 2.24) is 15.2 Å². The maximum atomic E-state index is 12.7. The molecule has 1 atom stereocenters. The number of carbonyl (C=O) groups excluding carboxylic acids is 2. The molecule has 1 N–H and O–H groups in total. The Labute approximate surface area is 177 Å². The van der Waals surface area contributed by atoms with E-state index in [1.165, 1.54) is 0 Å². The van der Waals surface area contributed by atoms with E-state index in [-0.39, 0.29) is 17.9 Å². The van der Waals surface area contributed by atoms with Crippen LogP contribution in [0.2, 0.25) is 0 Å². The zero-order chi connectivity index (χ0) is 20.9. The minimum absolute atomic E-state index is 0.0379. The maximum absolute atomic E-state index is 12.7. The largest absolute Gasteiger partial charge is 0.354 e. The predicted molar refractivity (Wildman–Crippen MR) is 118 cm³/mol. The third kappa shape index (κ3) is 4.79. The number of nitrogens with zero attached hydrogens (tertiary/aromatic N) is 4. The van der Waals surface area contributed by atoms with Gasteiger partial charge in [0.1, 0.15) is 5.82 Å². The van der Waals surface area contributed by atoms with Crippen LogP contribution in [-0.2, 0) is 4.79 Å². The summed E-state index contributed by atoms with van der Waals surface area (Å²) in [5.74, 6) is 1.06. The molecule has 2 amide bonds. The molecule has 158 valence electrons. The lowest BCUT2D eigenvalue weighted by atomic mass is 10.1. The molecule has 0 aliphatic carbocycles. The Balaban J connectivity index is 1.28. The Morgan fingerprint density at radius 1 is 1.10 bits per heavy atom. The molecular weight excluding hydrogens is 378 g/mol. The summed E-state index contributed by atoms with van der Waals surface area (Å²) in [6.07, 6.45) is 3.29. The molecule has 2 saturated heterocycles. The molecule has 0 saturated carbocycles. The number of piperazine rings is 1. The summed E-state index contributed by atoms with van der Waals surface area (Å²) in [5, 5.41) is 3.11. The number of pyridine rings is 1. The van der Waals surface area contributed by atoms with E-state index in [0.29, 0.717) is 12.0 Å². The Bertz CT molecular complexity index is 880. The minimum atomic E-state index is -0.0943. The predicted octanol–water partition coefficient (Wildman–Crippen LogP) is 2.15. The van der Waals surface area contributed by atoms with Crippen molar-refractivity contribution in [2.45, 2.75) is 25.8 Å². The Morgan fingerprint density at radius 3 is 2.63 bits per heavy atom. The van der Waals surface area contributed by atoms with Crippen LogP contribution < -0.4 is 15.1 Å². The number of hydrogen-bond acceptors (Lipinski definition) is 5. The third-order valence-corrected chi connectivity index (χ3v) is 5.75. The minimum Gasteiger partial charge on any atom is -0.354 e. The molecule has 2 aliphatic rings. The molecule has 1 unspecified atom stereocenters. The van der Waals surface area contributed by atoms with E-state index in [1.807, 2.05) is 49.5 Å². The molecule has 7 heteroatoms. The Morgan fingerprint density at radius 2 is 1.93 bits per heavy atom. The average Bonchev–Trinajstić information content (AvgIpc) is 3.21. The van der Waals surface area contributed by atoms with Gasteiger partial charge in [-0.2, -0.15) is 0 Å². The zero-order valence-electron chi connectivity index (χ0n) is 17.5. The Kier molecular flexibility index (Phi) is 6.28. The second kappa shape index (κ2) is 9.26. The van der Waals surface area contributed by atoms with Gasteiger partial charge in [-0.1, -0.05) is 12.1 Å². The maximum Gasteiger partial charge on any atom is 0.251 e. The van der Waals surface area contributed by atoms with Crippen molar-refractivity contribution in [2.24, 2.45) is 0 Å². The summed E-state index contributed by atoms with van der Waals surface area (Å²) in [6.45, 7) is 7.34. The first-order valence-corrected chi connectivity index (χ1v) is 10.7. The molecule has 0 radical (unpaired) electrons. The van der Waals surface area contributed by atoms with Gasteiger partial charge in [0.05, 0.1) is 0 Å². The van der Waals surface area contributed by atoms with Crippen molar-refractivity contribution in [1.29, 1.82) is 0 Å². The first-order chi connectivity index (χ1) is 14.6. The number of carbonyl (C=O) groups is 2. The van der Waals surface area contributed by atoms with Crippen molar-refractivity contribution < 1.29 is 9.59 Å². The number of benzene rings is 1. The molecule has 3 heterocycles. The van der Waals surface area contributed by atoms with Crippen LogP contribution in [0.5, 0.6) is 0 Å². The van der Waals surface area contributed by atoms with Crippen LogP contribution in [0, 0.1) is 0 Å². The van der Waals surface area contributed by atoms with Gasteiger partial charge in [0.25, 0.3) is 5.91 Å². The van der Waals surface area contributed by atoms with Gasteiger partial charge in [0.15, 0.2) is 0 Å². The molecule has 2 aromatic rings. The molecule has 1 aromatic carbocycles. The van der Waals surface area contributed by atoms with Crippen molar-refractivity contribution in [2.75, 3.05) is 49.1 Å². The van der Waals surface area contributed by atoms with E-state index in [4.69, 9.17) is 0 Å². The van der Waals surface area contributed by atoms with Crippen molar-refractivity contribution in [3.05, 3.63) is 54.2 Å². The molecule has 0 spiro atoms. The number of rotatable bonds is 6. The fraction of sp³-hybridized carbons (Fsp3) is 0.435. The second-order valence-electron chi connectivity index (χ2n) is 8.05. The molecule has 30 heavy (non-hydrogen) atoms. The SMILES string of the molecule is CC(CN1CCN(c2ccccn2)CC1)NC(=O)c1cccc(N2CCCC2=O)c1. The summed E-state index contributed by atoms with van der Waals surface area (Å²) in [5.41, 5.74) is 1.41. The quantitative estimate of drug-likeness (QED) is 0.795. The van der Waals surface area contributed by atoms with Gasteiger partial charge >= 0.3 is 0 Å². The van der Waals surface area contributed by atoms with Crippen LogP contribution in [0.25, 0.3) is 0 Å². The van der Waals surface area contributed by atoms with Crippen molar-refractivity contribution >= 4 is 23.3 Å². The molecule has 7 nitrogen and oxygen atoms in total. The van der Waals surface area contributed by atoms with Gasteiger partial charge in [-0.05, 0) is 43.7 Å². The molecule has 4 rings (SSSR count). The van der Waals surface area contributed by atoms with Gasteiger partial charge in [-0.3, -0.25) is 14.5 Å². The topological polar surface area (TPSA) is 68.8 Å². The highest BCUT2D eigenvalue weighted by Crippen LogP contribution is 2.22. The van der Waals surface area contributed by atoms with Crippen LogP contribution in [-0.4, -0.2) is 67.0 Å². The normalized spacial score (nSPS) is 18.5. The van der Waals surface area contributed by atoms with Crippen LogP contribution in [0.15, 0.2) is 48.7 Å². The standard InChI is InChI=1S/C23H29N5O2/c1-18(17-26-12-14-27(15-13-26)21-8-2-3-10-24-21)25-23(30)19-6-4-7-20(16-19)28-11-5-9-22(28)29/h2-4,6-8,10,16,18H,5,9,11-15,17H2,1H3,(H,25,30). The highest BCUT2D eigenvalue weighted by atomic mass is 16.2. The number of amides is 2. The van der Waals surface area contributed by atoms with Crippen LogP contribution >= 0.6 is 0 Å². The first-order valence-electron chi connectivity index (χ1n) is 10.7. The molecule has 2 aliphatic heterocycles. The summed E-state index contributed by atoms with van der Waals surface area (Å²) < 4.78 is 0. The molecule has 2 fully saturated rings. The lowest BCUT2D eigenvalue weighted by molar-refractivity contribution is -0.117.